The van der Waals surface area contributed by atoms with E-state index in [9.17, 15) is 0 Å². The van der Waals surface area contributed by atoms with Gasteiger partial charge in [0.25, 0.3) is 0 Å². The molecule has 13 heavy (non-hydrogen) atoms. The summed E-state index contributed by atoms with van der Waals surface area (Å²) in [7, 11) is 0. The maximum absolute atomic E-state index is 5.68. The monoisotopic (exact) mass is 220 g/mol. The molecule has 0 aromatic rings. The van der Waals surface area contributed by atoms with E-state index in [0.29, 0.717) is 0 Å². The van der Waals surface area contributed by atoms with Crippen LogP contribution in [0, 0.1) is 0 Å². The molecule has 0 saturated heterocycles. The predicted octanol–water partition coefficient (Wildman–Crippen LogP) is 3.30. The van der Waals surface area contributed by atoms with Crippen molar-refractivity contribution < 1.29 is 4.74 Å². The minimum absolute atomic E-state index is 0.148. The lowest BCUT2D eigenvalue weighted by Gasteiger charge is -2.42. The van der Waals surface area contributed by atoms with Crippen LogP contribution in [0.25, 0.3) is 0 Å². The molecule has 0 radical (unpaired) electrons. The Morgan fingerprint density at radius 3 is 2.46 bits per heavy atom. The largest absolute Gasteiger partial charge is 0.365 e. The molecule has 0 spiro atoms. The molecule has 0 aromatic carbocycles. The zero-order valence-corrected chi connectivity index (χ0v) is 10.3. The van der Waals surface area contributed by atoms with Crippen LogP contribution in [0.1, 0.15) is 46.0 Å². The molecule has 2 unspecified atom stereocenters. The molecule has 0 bridgehead atoms. The van der Waals surface area contributed by atoms with Crippen LogP contribution in [0.3, 0.4) is 0 Å². The van der Waals surface area contributed by atoms with Crippen molar-refractivity contribution in [1.82, 2.24) is 0 Å². The van der Waals surface area contributed by atoms with E-state index >= 15 is 0 Å². The van der Waals surface area contributed by atoms with Gasteiger partial charge in [-0.25, -0.2) is 0 Å². The highest BCUT2D eigenvalue weighted by Crippen LogP contribution is 2.45. The van der Waals surface area contributed by atoms with Crippen molar-refractivity contribution in [2.45, 2.75) is 55.6 Å². The molecule has 0 N–H and O–H groups in total. The van der Waals surface area contributed by atoms with Gasteiger partial charge in [0.05, 0.1) is 0 Å². The molecule has 2 atom stereocenters. The minimum atomic E-state index is -0.218. The smallest absolute Gasteiger partial charge is 0.112 e. The van der Waals surface area contributed by atoms with E-state index < -0.39 is 0 Å². The van der Waals surface area contributed by atoms with Gasteiger partial charge in [-0.3, -0.25) is 0 Å². The lowest BCUT2D eigenvalue weighted by atomic mass is 9.84. The van der Waals surface area contributed by atoms with Gasteiger partial charge >= 0.3 is 0 Å². The van der Waals surface area contributed by atoms with Crippen LogP contribution in [-0.2, 0) is 4.74 Å². The third-order valence-corrected chi connectivity index (χ3v) is 4.09. The highest BCUT2D eigenvalue weighted by molar-refractivity contribution is 7.82. The van der Waals surface area contributed by atoms with Gasteiger partial charge in [-0.2, -0.15) is 12.6 Å². The van der Waals surface area contributed by atoms with Crippen LogP contribution in [0.15, 0.2) is 0 Å². The van der Waals surface area contributed by atoms with Gasteiger partial charge in [0.1, 0.15) is 4.93 Å². The summed E-state index contributed by atoms with van der Waals surface area (Å²) >= 11 is 9.35. The van der Waals surface area contributed by atoms with Crippen molar-refractivity contribution in [2.24, 2.45) is 0 Å². The SMILES string of the molecule is CCOC1(S)CCCC(S)(CC)C1. The van der Waals surface area contributed by atoms with Crippen molar-refractivity contribution >= 4 is 25.3 Å². The zero-order valence-electron chi connectivity index (χ0n) is 8.55. The second kappa shape index (κ2) is 4.45. The molecule has 1 aliphatic rings. The quantitative estimate of drug-likeness (QED) is 0.548. The molecule has 1 aliphatic carbocycles. The molecule has 0 heterocycles. The fourth-order valence-corrected chi connectivity index (χ4v) is 3.21. The summed E-state index contributed by atoms with van der Waals surface area (Å²) in [6.45, 7) is 4.97. The average Bonchev–Trinajstić information content (AvgIpc) is 2.04. The molecule has 0 amide bonds. The first-order valence-corrected chi connectivity index (χ1v) is 6.02. The van der Waals surface area contributed by atoms with Crippen LogP contribution >= 0.6 is 25.3 Å². The summed E-state index contributed by atoms with van der Waals surface area (Å²) in [5.74, 6) is 0. The van der Waals surface area contributed by atoms with Gasteiger partial charge in [-0.1, -0.05) is 6.92 Å². The number of rotatable bonds is 3. The van der Waals surface area contributed by atoms with Crippen molar-refractivity contribution in [3.8, 4) is 0 Å². The van der Waals surface area contributed by atoms with Crippen LogP contribution in [-0.4, -0.2) is 16.3 Å². The van der Waals surface area contributed by atoms with Crippen LogP contribution in [0.4, 0.5) is 0 Å². The lowest BCUT2D eigenvalue weighted by molar-refractivity contribution is -0.0000803. The molecule has 1 fully saturated rings. The van der Waals surface area contributed by atoms with E-state index in [1.54, 1.807) is 0 Å². The Bertz CT molecular complexity index is 170. The van der Waals surface area contributed by atoms with Crippen molar-refractivity contribution in [3.63, 3.8) is 0 Å². The average molecular weight is 220 g/mol. The summed E-state index contributed by atoms with van der Waals surface area (Å²) in [6, 6.07) is 0. The molecule has 0 aliphatic heterocycles. The fraction of sp³-hybridized carbons (Fsp3) is 1.00. The van der Waals surface area contributed by atoms with Crippen LogP contribution in [0.5, 0.6) is 0 Å². The maximum atomic E-state index is 5.68. The summed E-state index contributed by atoms with van der Waals surface area (Å²) in [5.41, 5.74) is 0. The van der Waals surface area contributed by atoms with E-state index in [1.807, 2.05) is 6.92 Å². The van der Waals surface area contributed by atoms with Gasteiger partial charge in [-0.05, 0) is 39.0 Å². The Morgan fingerprint density at radius 1 is 1.23 bits per heavy atom. The Hall–Kier alpha value is 0.660. The molecular formula is C10H20OS2. The summed E-state index contributed by atoms with van der Waals surface area (Å²) < 4.78 is 5.83. The number of hydrogen-bond donors (Lipinski definition) is 2. The highest BCUT2D eigenvalue weighted by atomic mass is 32.1. The Kier molecular flexibility index (Phi) is 4.02. The van der Waals surface area contributed by atoms with Crippen molar-refractivity contribution in [3.05, 3.63) is 0 Å². The minimum Gasteiger partial charge on any atom is -0.365 e. The summed E-state index contributed by atoms with van der Waals surface area (Å²) in [6.07, 6.45) is 5.51. The second-order valence-corrected chi connectivity index (χ2v) is 5.75. The molecule has 0 aromatic heterocycles. The van der Waals surface area contributed by atoms with Crippen LogP contribution < -0.4 is 0 Å². The highest BCUT2D eigenvalue weighted by Gasteiger charge is 2.40. The van der Waals surface area contributed by atoms with Gasteiger partial charge in [-0.15, -0.1) is 12.6 Å². The first-order valence-electron chi connectivity index (χ1n) is 5.12. The lowest BCUT2D eigenvalue weighted by Crippen LogP contribution is -2.40. The molecular weight excluding hydrogens is 200 g/mol. The normalized spacial score (nSPS) is 40.6. The summed E-state index contributed by atoms with van der Waals surface area (Å²) in [5, 5.41) is 0. The zero-order chi connectivity index (χ0) is 9.95. The van der Waals surface area contributed by atoms with E-state index in [-0.39, 0.29) is 9.68 Å². The molecule has 1 rings (SSSR count). The van der Waals surface area contributed by atoms with Gasteiger partial charge < -0.3 is 4.74 Å². The maximum Gasteiger partial charge on any atom is 0.112 e. The molecule has 1 saturated carbocycles. The molecule has 78 valence electrons. The number of hydrogen-bond acceptors (Lipinski definition) is 3. The summed E-state index contributed by atoms with van der Waals surface area (Å²) in [4.78, 5) is -0.218. The Labute approximate surface area is 92.4 Å². The third-order valence-electron chi connectivity index (χ3n) is 2.89. The van der Waals surface area contributed by atoms with Crippen molar-refractivity contribution in [2.75, 3.05) is 6.61 Å². The van der Waals surface area contributed by atoms with Gasteiger partial charge in [0.2, 0.25) is 0 Å². The second-order valence-electron chi connectivity index (χ2n) is 3.99. The Balaban J connectivity index is 2.59. The third kappa shape index (κ3) is 3.07. The first-order chi connectivity index (χ1) is 6.04. The van der Waals surface area contributed by atoms with Crippen LogP contribution in [0.2, 0.25) is 0 Å². The molecule has 3 heteroatoms. The number of thiol groups is 2. The van der Waals surface area contributed by atoms with E-state index in [1.165, 1.54) is 12.8 Å². The van der Waals surface area contributed by atoms with Gasteiger partial charge in [0.15, 0.2) is 0 Å². The Morgan fingerprint density at radius 2 is 1.92 bits per heavy atom. The number of ether oxygens (including phenoxy) is 1. The topological polar surface area (TPSA) is 9.23 Å². The van der Waals surface area contributed by atoms with E-state index in [2.05, 4.69) is 19.6 Å². The van der Waals surface area contributed by atoms with Gasteiger partial charge in [0, 0.05) is 11.4 Å². The van der Waals surface area contributed by atoms with E-state index in [4.69, 9.17) is 17.4 Å². The first kappa shape index (κ1) is 11.7. The van der Waals surface area contributed by atoms with Crippen molar-refractivity contribution in [1.29, 1.82) is 0 Å². The van der Waals surface area contributed by atoms with E-state index in [0.717, 1.165) is 25.9 Å². The standard InChI is InChI=1S/C10H20OS2/c1-3-9(12)6-5-7-10(13,8-9)11-4-2/h12-13H,3-8H2,1-2H3. The predicted molar refractivity (Wildman–Crippen MR) is 63.8 cm³/mol. The molecule has 1 nitrogen and oxygen atoms in total. The fourth-order valence-electron chi connectivity index (χ4n) is 2.08.